The fourth-order valence-corrected chi connectivity index (χ4v) is 6.37. The predicted octanol–water partition coefficient (Wildman–Crippen LogP) is 3.91. The summed E-state index contributed by atoms with van der Waals surface area (Å²) in [5.74, 6) is 0.502. The van der Waals surface area contributed by atoms with Crippen LogP contribution in [-0.4, -0.2) is 51.3 Å². The Morgan fingerprint density at radius 1 is 1.31 bits per heavy atom. The monoisotopic (exact) mass is 586 g/mol. The number of rotatable bonds is 6. The topological polar surface area (TPSA) is 123 Å². The second-order valence-electron chi connectivity index (χ2n) is 7.16. The van der Waals surface area contributed by atoms with Crippen LogP contribution >= 0.6 is 31.9 Å². The molecular weight excluding hydrogens is 568 g/mol. The van der Waals surface area contributed by atoms with Crippen molar-refractivity contribution in [3.63, 3.8) is 0 Å². The average molecular weight is 588 g/mol. The summed E-state index contributed by atoms with van der Waals surface area (Å²) in [6.07, 6.45) is 1.21. The first-order valence-electron chi connectivity index (χ1n) is 9.35. The van der Waals surface area contributed by atoms with Gasteiger partial charge >= 0.3 is 6.09 Å². The molecule has 0 bridgehead atoms. The fraction of sp³-hybridized carbons (Fsp3) is 0.300. The average Bonchev–Trinajstić information content (AvgIpc) is 3.16. The lowest BCUT2D eigenvalue weighted by atomic mass is 10.0. The van der Waals surface area contributed by atoms with E-state index >= 15 is 0 Å². The Morgan fingerprint density at radius 3 is 2.66 bits per heavy atom. The van der Waals surface area contributed by atoms with Crippen molar-refractivity contribution in [2.24, 2.45) is 0 Å². The molecule has 32 heavy (non-hydrogen) atoms. The molecule has 12 heteroatoms. The van der Waals surface area contributed by atoms with Crippen molar-refractivity contribution in [3.8, 4) is 11.9 Å². The third-order valence-electron chi connectivity index (χ3n) is 5.18. The number of nitrogens with zero attached hydrogens (tertiary/aromatic N) is 3. The van der Waals surface area contributed by atoms with Crippen LogP contribution in [0.4, 0.5) is 10.5 Å². The molecule has 2 atom stereocenters. The van der Waals surface area contributed by atoms with Crippen LogP contribution in [0.5, 0.6) is 5.75 Å². The molecule has 2 aromatic rings. The van der Waals surface area contributed by atoms with Crippen molar-refractivity contribution >= 4 is 53.7 Å². The SMILES string of the molecule is COc1ccc(N(C)C(=O)O)c([C@H]2C[C@@H](NS(=O)(=O)c3cc(Br)ccc3Br)CN2C#N)c1. The molecule has 1 heterocycles. The summed E-state index contributed by atoms with van der Waals surface area (Å²) >= 11 is 6.55. The van der Waals surface area contributed by atoms with Crippen molar-refractivity contribution in [3.05, 3.63) is 50.9 Å². The minimum absolute atomic E-state index is 0.0755. The van der Waals surface area contributed by atoms with E-state index in [1.54, 1.807) is 30.3 Å². The number of ether oxygens (including phenoxy) is 1. The predicted molar refractivity (Wildman–Crippen MR) is 125 cm³/mol. The number of anilines is 1. The van der Waals surface area contributed by atoms with Crippen LogP contribution in [0, 0.1) is 11.5 Å². The second kappa shape index (κ2) is 9.66. The third-order valence-corrected chi connectivity index (χ3v) is 8.18. The Balaban J connectivity index is 1.94. The van der Waals surface area contributed by atoms with Crippen molar-refractivity contribution in [1.29, 1.82) is 5.26 Å². The van der Waals surface area contributed by atoms with Gasteiger partial charge in [-0.3, -0.25) is 4.90 Å². The summed E-state index contributed by atoms with van der Waals surface area (Å²) in [6, 6.07) is 8.64. The quantitative estimate of drug-likeness (QED) is 0.491. The van der Waals surface area contributed by atoms with E-state index in [1.165, 1.54) is 25.1 Å². The Kier molecular flexibility index (Phi) is 7.34. The number of carbonyl (C=O) groups is 1. The van der Waals surface area contributed by atoms with Crippen molar-refractivity contribution in [2.45, 2.75) is 23.4 Å². The number of halogens is 2. The number of likely N-dealkylation sites (tertiary alicyclic amines) is 1. The number of methoxy groups -OCH3 is 1. The molecule has 170 valence electrons. The van der Waals surface area contributed by atoms with Crippen LogP contribution < -0.4 is 14.4 Å². The summed E-state index contributed by atoms with van der Waals surface area (Å²) in [5.41, 5.74) is 0.947. The second-order valence-corrected chi connectivity index (χ2v) is 10.6. The first-order valence-corrected chi connectivity index (χ1v) is 12.4. The molecule has 0 radical (unpaired) electrons. The van der Waals surface area contributed by atoms with Crippen LogP contribution in [0.3, 0.4) is 0 Å². The minimum atomic E-state index is -3.88. The first-order chi connectivity index (χ1) is 15.1. The zero-order chi connectivity index (χ0) is 23.6. The maximum absolute atomic E-state index is 13.0. The minimum Gasteiger partial charge on any atom is -0.497 e. The van der Waals surface area contributed by atoms with E-state index in [0.29, 0.717) is 25.9 Å². The molecule has 0 aromatic heterocycles. The molecule has 9 nitrogen and oxygen atoms in total. The van der Waals surface area contributed by atoms with Crippen LogP contribution in [0.25, 0.3) is 0 Å². The maximum atomic E-state index is 13.0. The lowest BCUT2D eigenvalue weighted by molar-refractivity contribution is 0.203. The van der Waals surface area contributed by atoms with Gasteiger partial charge in [0.15, 0.2) is 6.19 Å². The van der Waals surface area contributed by atoms with Crippen LogP contribution in [0.15, 0.2) is 50.2 Å². The number of carboxylic acid groups (broad SMARTS) is 1. The molecule has 1 saturated heterocycles. The molecular formula is C20H20Br2N4O5S. The molecule has 2 N–H and O–H groups in total. The van der Waals surface area contributed by atoms with Crippen LogP contribution in [-0.2, 0) is 10.0 Å². The van der Waals surface area contributed by atoms with E-state index in [2.05, 4.69) is 42.8 Å². The Labute approximate surface area is 202 Å². The Bertz CT molecular complexity index is 1180. The van der Waals surface area contributed by atoms with E-state index in [0.717, 1.165) is 4.90 Å². The normalized spacial score (nSPS) is 18.3. The van der Waals surface area contributed by atoms with Gasteiger partial charge in [-0.25, -0.2) is 17.9 Å². The number of benzene rings is 2. The van der Waals surface area contributed by atoms with E-state index in [-0.39, 0.29) is 17.9 Å². The lowest BCUT2D eigenvalue weighted by Gasteiger charge is -2.25. The van der Waals surface area contributed by atoms with Gasteiger partial charge in [-0.1, -0.05) is 15.9 Å². The maximum Gasteiger partial charge on any atom is 0.411 e. The van der Waals surface area contributed by atoms with E-state index in [1.807, 2.05) is 0 Å². The lowest BCUT2D eigenvalue weighted by Crippen LogP contribution is -2.36. The molecule has 0 saturated carbocycles. The number of hydrogen-bond acceptors (Lipinski definition) is 6. The van der Waals surface area contributed by atoms with Gasteiger partial charge in [0.25, 0.3) is 0 Å². The highest BCUT2D eigenvalue weighted by atomic mass is 79.9. The molecule has 1 aliphatic rings. The van der Waals surface area contributed by atoms with Gasteiger partial charge in [0, 0.05) is 34.1 Å². The third kappa shape index (κ3) is 5.01. The van der Waals surface area contributed by atoms with Gasteiger partial charge in [-0.05, 0) is 58.7 Å². The fourth-order valence-electron chi connectivity index (χ4n) is 3.63. The standard InChI is InChI=1S/C20H20Br2N4O5S/c1-25(20(27)28)17-6-4-14(31-2)9-15(17)18-8-13(10-26(18)11-23)24-32(29,30)19-7-12(21)3-5-16(19)22/h3-7,9,13,18,24H,8,10H2,1-2H3,(H,27,28)/t13-,18-/m1/s1. The summed E-state index contributed by atoms with van der Waals surface area (Å²) in [5, 5.41) is 19.1. The smallest absolute Gasteiger partial charge is 0.411 e. The van der Waals surface area contributed by atoms with Gasteiger partial charge in [0.1, 0.15) is 5.75 Å². The molecule has 0 aliphatic carbocycles. The van der Waals surface area contributed by atoms with Crippen molar-refractivity contribution in [1.82, 2.24) is 9.62 Å². The van der Waals surface area contributed by atoms with E-state index in [4.69, 9.17) is 4.74 Å². The summed E-state index contributed by atoms with van der Waals surface area (Å²) in [7, 11) is -0.983. The summed E-state index contributed by atoms with van der Waals surface area (Å²) < 4.78 is 35.0. The molecule has 0 unspecified atom stereocenters. The molecule has 2 aromatic carbocycles. The summed E-state index contributed by atoms with van der Waals surface area (Å²) in [6.45, 7) is 0.138. The zero-order valence-corrected chi connectivity index (χ0v) is 21.1. The highest BCUT2D eigenvalue weighted by Gasteiger charge is 2.37. The highest BCUT2D eigenvalue weighted by Crippen LogP contribution is 2.39. The Morgan fingerprint density at radius 2 is 2.03 bits per heavy atom. The molecule has 1 aliphatic heterocycles. The molecule has 3 rings (SSSR count). The molecule has 1 fully saturated rings. The van der Waals surface area contributed by atoms with Crippen molar-refractivity contribution in [2.75, 3.05) is 25.6 Å². The number of hydrogen-bond donors (Lipinski definition) is 2. The summed E-state index contributed by atoms with van der Waals surface area (Å²) in [4.78, 5) is 14.1. The Hall–Kier alpha value is -2.33. The number of sulfonamides is 1. The van der Waals surface area contributed by atoms with Gasteiger partial charge in [-0.15, -0.1) is 0 Å². The number of nitriles is 1. The van der Waals surface area contributed by atoms with E-state index in [9.17, 15) is 23.6 Å². The zero-order valence-electron chi connectivity index (χ0n) is 17.1. The van der Waals surface area contributed by atoms with Gasteiger partial charge in [-0.2, -0.15) is 5.26 Å². The molecule has 1 amide bonds. The van der Waals surface area contributed by atoms with Gasteiger partial charge < -0.3 is 14.7 Å². The van der Waals surface area contributed by atoms with Crippen LogP contribution in [0.1, 0.15) is 18.0 Å². The van der Waals surface area contributed by atoms with Gasteiger partial charge in [0.2, 0.25) is 10.0 Å². The van der Waals surface area contributed by atoms with Crippen LogP contribution in [0.2, 0.25) is 0 Å². The number of amides is 1. The highest BCUT2D eigenvalue weighted by molar-refractivity contribution is 9.11. The van der Waals surface area contributed by atoms with Gasteiger partial charge in [0.05, 0.1) is 23.7 Å². The molecule has 0 spiro atoms. The van der Waals surface area contributed by atoms with Crippen molar-refractivity contribution < 1.29 is 23.1 Å². The van der Waals surface area contributed by atoms with E-state index < -0.39 is 28.2 Å². The number of nitrogens with one attached hydrogen (secondary N) is 1. The largest absolute Gasteiger partial charge is 0.497 e. The first kappa shape index (κ1) is 24.3.